The molecule has 1 aliphatic heterocycles. The van der Waals surface area contributed by atoms with Crippen LogP contribution in [0.2, 0.25) is 0 Å². The summed E-state index contributed by atoms with van der Waals surface area (Å²) in [7, 11) is 1.50. The molecule has 1 saturated heterocycles. The Bertz CT molecular complexity index is 1250. The van der Waals surface area contributed by atoms with Crippen molar-refractivity contribution in [2.24, 2.45) is 5.16 Å². The van der Waals surface area contributed by atoms with Gasteiger partial charge in [-0.1, -0.05) is 58.8 Å². The molecule has 4 aromatic rings. The topological polar surface area (TPSA) is 80.8 Å². The minimum atomic E-state index is -0.384. The summed E-state index contributed by atoms with van der Waals surface area (Å²) in [4.78, 5) is 25.9. The van der Waals surface area contributed by atoms with Crippen LogP contribution in [0.1, 0.15) is 39.4 Å². The van der Waals surface area contributed by atoms with Crippen molar-refractivity contribution in [2.75, 3.05) is 13.7 Å². The zero-order valence-corrected chi connectivity index (χ0v) is 18.9. The highest BCUT2D eigenvalue weighted by Gasteiger charge is 2.38. The Morgan fingerprint density at radius 2 is 1.91 bits per heavy atom. The van der Waals surface area contributed by atoms with Gasteiger partial charge in [0.25, 0.3) is 5.91 Å². The molecule has 1 atom stereocenters. The fourth-order valence-corrected chi connectivity index (χ4v) is 4.68. The SMILES string of the molecule is CO/N=C1\CC(c2nc(Cc3cccs3)no2)N(C(=O)c2ccc(-c3ccccc3)cc2)C1. The molecule has 2 aromatic heterocycles. The van der Waals surface area contributed by atoms with Crippen LogP contribution < -0.4 is 0 Å². The minimum Gasteiger partial charge on any atom is -0.399 e. The van der Waals surface area contributed by atoms with Crippen LogP contribution in [-0.4, -0.2) is 40.3 Å². The van der Waals surface area contributed by atoms with Gasteiger partial charge in [-0.15, -0.1) is 11.3 Å². The number of amides is 1. The Balaban J connectivity index is 1.38. The highest BCUT2D eigenvalue weighted by atomic mass is 32.1. The molecule has 2 aromatic carbocycles. The predicted molar refractivity (Wildman–Crippen MR) is 126 cm³/mol. The second kappa shape index (κ2) is 9.38. The van der Waals surface area contributed by atoms with Crippen molar-refractivity contribution >= 4 is 23.0 Å². The summed E-state index contributed by atoms with van der Waals surface area (Å²) in [6, 6.07) is 21.3. The van der Waals surface area contributed by atoms with Crippen LogP contribution >= 0.6 is 11.3 Å². The van der Waals surface area contributed by atoms with E-state index in [0.29, 0.717) is 36.7 Å². The number of rotatable bonds is 6. The lowest BCUT2D eigenvalue weighted by Crippen LogP contribution is -2.31. The molecule has 1 aliphatic rings. The summed E-state index contributed by atoms with van der Waals surface area (Å²) >= 11 is 1.65. The van der Waals surface area contributed by atoms with Gasteiger partial charge in [-0.25, -0.2) is 0 Å². The number of hydrogen-bond donors (Lipinski definition) is 0. The van der Waals surface area contributed by atoms with Gasteiger partial charge in [0.2, 0.25) is 5.89 Å². The van der Waals surface area contributed by atoms with E-state index < -0.39 is 0 Å². The maximum absolute atomic E-state index is 13.4. The van der Waals surface area contributed by atoms with Crippen LogP contribution in [0, 0.1) is 0 Å². The fourth-order valence-electron chi connectivity index (χ4n) is 3.98. The first-order chi connectivity index (χ1) is 16.2. The van der Waals surface area contributed by atoms with E-state index >= 15 is 0 Å². The van der Waals surface area contributed by atoms with E-state index in [1.54, 1.807) is 16.2 Å². The molecule has 0 N–H and O–H groups in total. The molecule has 1 unspecified atom stereocenters. The van der Waals surface area contributed by atoms with Gasteiger partial charge in [0, 0.05) is 23.3 Å². The molecule has 0 spiro atoms. The predicted octanol–water partition coefficient (Wildman–Crippen LogP) is 4.98. The van der Waals surface area contributed by atoms with E-state index in [9.17, 15) is 4.79 Å². The Morgan fingerprint density at radius 1 is 1.12 bits per heavy atom. The number of carbonyl (C=O) groups is 1. The Morgan fingerprint density at radius 3 is 2.64 bits per heavy atom. The van der Waals surface area contributed by atoms with Gasteiger partial charge >= 0.3 is 0 Å². The van der Waals surface area contributed by atoms with Gasteiger partial charge in [-0.05, 0) is 34.7 Å². The van der Waals surface area contributed by atoms with Crippen LogP contribution in [0.25, 0.3) is 11.1 Å². The third-order valence-corrected chi connectivity index (χ3v) is 6.44. The average molecular weight is 459 g/mol. The van der Waals surface area contributed by atoms with Crippen molar-refractivity contribution in [1.29, 1.82) is 0 Å². The molecule has 33 heavy (non-hydrogen) atoms. The third kappa shape index (κ3) is 4.56. The number of oxime groups is 1. The van der Waals surface area contributed by atoms with E-state index in [2.05, 4.69) is 15.3 Å². The number of thiophene rings is 1. The molecule has 1 amide bonds. The van der Waals surface area contributed by atoms with Crippen molar-refractivity contribution in [3.05, 3.63) is 94.3 Å². The van der Waals surface area contributed by atoms with Crippen molar-refractivity contribution < 1.29 is 14.2 Å². The maximum atomic E-state index is 13.4. The zero-order chi connectivity index (χ0) is 22.6. The van der Waals surface area contributed by atoms with Crippen molar-refractivity contribution in [3.8, 4) is 11.1 Å². The summed E-state index contributed by atoms with van der Waals surface area (Å²) in [5.74, 6) is 0.903. The molecule has 7 nitrogen and oxygen atoms in total. The van der Waals surface area contributed by atoms with Crippen LogP contribution in [0.5, 0.6) is 0 Å². The second-order valence-electron chi connectivity index (χ2n) is 7.74. The first-order valence-corrected chi connectivity index (χ1v) is 11.5. The Kier molecular flexibility index (Phi) is 5.99. The third-order valence-electron chi connectivity index (χ3n) is 5.56. The number of aromatic nitrogens is 2. The lowest BCUT2D eigenvalue weighted by atomic mass is 10.0. The number of hydrogen-bond acceptors (Lipinski definition) is 7. The van der Waals surface area contributed by atoms with Gasteiger partial charge in [-0.3, -0.25) is 4.79 Å². The summed E-state index contributed by atoms with van der Waals surface area (Å²) in [6.45, 7) is 0.348. The summed E-state index contributed by atoms with van der Waals surface area (Å²) < 4.78 is 5.57. The molecule has 5 rings (SSSR count). The van der Waals surface area contributed by atoms with Crippen LogP contribution in [0.4, 0.5) is 0 Å². The standard InChI is InChI=1S/C25H22N4O3S/c1-31-27-20-14-22(24-26-23(28-32-24)15-21-8-5-13-33-21)29(16-20)25(30)19-11-9-18(10-12-19)17-6-3-2-4-7-17/h2-13,22H,14-16H2,1H3/b27-20+. The molecule has 3 heterocycles. The fraction of sp³-hybridized carbons (Fsp3) is 0.200. The monoisotopic (exact) mass is 458 g/mol. The maximum Gasteiger partial charge on any atom is 0.254 e. The highest BCUT2D eigenvalue weighted by Crippen LogP contribution is 2.32. The lowest BCUT2D eigenvalue weighted by Gasteiger charge is -2.21. The first-order valence-electron chi connectivity index (χ1n) is 10.6. The van der Waals surface area contributed by atoms with Gasteiger partial charge in [-0.2, -0.15) is 4.98 Å². The molecular formula is C25H22N4O3S. The Hall–Kier alpha value is -3.78. The van der Waals surface area contributed by atoms with Gasteiger partial charge < -0.3 is 14.3 Å². The molecule has 0 aliphatic carbocycles. The largest absolute Gasteiger partial charge is 0.399 e. The van der Waals surface area contributed by atoms with Gasteiger partial charge in [0.15, 0.2) is 5.82 Å². The van der Waals surface area contributed by atoms with Crippen molar-refractivity contribution in [1.82, 2.24) is 15.0 Å². The van der Waals surface area contributed by atoms with E-state index in [4.69, 9.17) is 9.36 Å². The summed E-state index contributed by atoms with van der Waals surface area (Å²) in [5, 5.41) is 10.2. The normalized spacial score (nSPS) is 16.9. The van der Waals surface area contributed by atoms with Crippen molar-refractivity contribution in [3.63, 3.8) is 0 Å². The zero-order valence-electron chi connectivity index (χ0n) is 18.0. The summed E-state index contributed by atoms with van der Waals surface area (Å²) in [5.41, 5.74) is 3.52. The van der Waals surface area contributed by atoms with Crippen molar-refractivity contribution in [2.45, 2.75) is 18.9 Å². The van der Waals surface area contributed by atoms with Crippen LogP contribution in [-0.2, 0) is 11.3 Å². The molecule has 0 saturated carbocycles. The molecule has 0 bridgehead atoms. The Labute approximate surface area is 195 Å². The summed E-state index contributed by atoms with van der Waals surface area (Å²) in [6.07, 6.45) is 1.09. The lowest BCUT2D eigenvalue weighted by molar-refractivity contribution is 0.0713. The molecule has 1 fully saturated rings. The molecule has 166 valence electrons. The molecule has 0 radical (unpaired) electrons. The van der Waals surface area contributed by atoms with Crippen LogP contribution in [0.3, 0.4) is 0 Å². The van der Waals surface area contributed by atoms with E-state index in [1.807, 2.05) is 72.1 Å². The molecule has 8 heteroatoms. The number of carbonyl (C=O) groups excluding carboxylic acids is 1. The first kappa shape index (κ1) is 21.1. The number of likely N-dealkylation sites (tertiary alicyclic amines) is 1. The number of nitrogens with zero attached hydrogens (tertiary/aromatic N) is 4. The van der Waals surface area contributed by atoms with Gasteiger partial charge in [0.1, 0.15) is 13.2 Å². The smallest absolute Gasteiger partial charge is 0.254 e. The molecular weight excluding hydrogens is 436 g/mol. The minimum absolute atomic E-state index is 0.112. The van der Waals surface area contributed by atoms with E-state index in [1.165, 1.54) is 7.11 Å². The van der Waals surface area contributed by atoms with Crippen LogP contribution in [0.15, 0.2) is 81.8 Å². The van der Waals surface area contributed by atoms with Gasteiger partial charge in [0.05, 0.1) is 12.3 Å². The van der Waals surface area contributed by atoms with E-state index in [-0.39, 0.29) is 11.9 Å². The quantitative estimate of drug-likeness (QED) is 0.381. The highest BCUT2D eigenvalue weighted by molar-refractivity contribution is 7.09. The number of benzene rings is 2. The van der Waals surface area contributed by atoms with E-state index in [0.717, 1.165) is 21.7 Å². The second-order valence-corrected chi connectivity index (χ2v) is 8.77. The average Bonchev–Trinajstić information content (AvgIpc) is 3.61.